The lowest BCUT2D eigenvalue weighted by Crippen LogP contribution is -2.55. The molecule has 7 heteroatoms. The molecule has 1 N–H and O–H groups in total. The summed E-state index contributed by atoms with van der Waals surface area (Å²) in [5.74, 6) is 0.653. The number of benzene rings is 1. The van der Waals surface area contributed by atoms with Gasteiger partial charge in [-0.25, -0.2) is 4.79 Å². The highest BCUT2D eigenvalue weighted by Crippen LogP contribution is 2.29. The lowest BCUT2D eigenvalue weighted by atomic mass is 9.87. The molecular formula is C18H23N3O4. The van der Waals surface area contributed by atoms with Crippen LogP contribution < -0.4 is 10.1 Å². The molecule has 1 aromatic carbocycles. The number of imide groups is 1. The van der Waals surface area contributed by atoms with Crippen molar-refractivity contribution in [2.24, 2.45) is 0 Å². The van der Waals surface area contributed by atoms with Gasteiger partial charge in [0.1, 0.15) is 11.3 Å². The first-order chi connectivity index (χ1) is 12.0. The number of methoxy groups -OCH3 is 1. The highest BCUT2D eigenvalue weighted by atomic mass is 16.5. The molecule has 1 spiro atoms. The number of likely N-dealkylation sites (N-methyl/N-ethyl adjacent to an activating group) is 1. The first-order valence-electron chi connectivity index (χ1n) is 8.47. The summed E-state index contributed by atoms with van der Waals surface area (Å²) in [7, 11) is 3.10. The number of para-hydroxylation sites is 1. The van der Waals surface area contributed by atoms with E-state index >= 15 is 0 Å². The summed E-state index contributed by atoms with van der Waals surface area (Å²) in [4.78, 5) is 39.4. The average molecular weight is 345 g/mol. The van der Waals surface area contributed by atoms with Crippen molar-refractivity contribution in [3.8, 4) is 5.75 Å². The zero-order valence-electron chi connectivity index (χ0n) is 14.6. The molecule has 0 bridgehead atoms. The van der Waals surface area contributed by atoms with Crippen LogP contribution in [0.3, 0.4) is 0 Å². The van der Waals surface area contributed by atoms with Crippen LogP contribution in [0.15, 0.2) is 24.3 Å². The Balaban J connectivity index is 1.55. The fourth-order valence-electron chi connectivity index (χ4n) is 3.54. The molecule has 0 unspecified atom stereocenters. The van der Waals surface area contributed by atoms with E-state index in [2.05, 4.69) is 5.32 Å². The predicted octanol–water partition coefficient (Wildman–Crippen LogP) is 1.17. The Labute approximate surface area is 146 Å². The van der Waals surface area contributed by atoms with Crippen molar-refractivity contribution in [3.63, 3.8) is 0 Å². The summed E-state index contributed by atoms with van der Waals surface area (Å²) in [5, 5.41) is 2.78. The number of nitrogens with zero attached hydrogens (tertiary/aromatic N) is 2. The van der Waals surface area contributed by atoms with Crippen molar-refractivity contribution >= 4 is 17.8 Å². The smallest absolute Gasteiger partial charge is 0.324 e. The van der Waals surface area contributed by atoms with Gasteiger partial charge in [-0.15, -0.1) is 0 Å². The number of carbonyl (C=O) groups is 3. The second-order valence-corrected chi connectivity index (χ2v) is 6.57. The average Bonchev–Trinajstić information content (AvgIpc) is 2.84. The number of rotatable bonds is 4. The first kappa shape index (κ1) is 17.3. The van der Waals surface area contributed by atoms with E-state index in [4.69, 9.17) is 4.74 Å². The minimum atomic E-state index is -0.828. The molecule has 1 aromatic rings. The number of hydrogen-bond acceptors (Lipinski definition) is 4. The number of amides is 4. The molecule has 2 aliphatic heterocycles. The highest BCUT2D eigenvalue weighted by Gasteiger charge is 2.51. The molecule has 2 fully saturated rings. The van der Waals surface area contributed by atoms with Crippen LogP contribution in [0.1, 0.15) is 24.8 Å². The maximum Gasteiger partial charge on any atom is 0.324 e. The summed E-state index contributed by atoms with van der Waals surface area (Å²) in [5.41, 5.74) is 0.178. The van der Waals surface area contributed by atoms with E-state index in [-0.39, 0.29) is 17.8 Å². The fraction of sp³-hybridized carbons (Fsp3) is 0.500. The molecule has 0 radical (unpaired) electrons. The number of nitrogens with one attached hydrogen (secondary N) is 1. The van der Waals surface area contributed by atoms with Crippen molar-refractivity contribution in [3.05, 3.63) is 29.8 Å². The van der Waals surface area contributed by atoms with E-state index in [0.29, 0.717) is 38.8 Å². The Hall–Kier alpha value is -2.57. The van der Waals surface area contributed by atoms with Crippen LogP contribution >= 0.6 is 0 Å². The van der Waals surface area contributed by atoms with Gasteiger partial charge in [0.15, 0.2) is 0 Å². The molecule has 4 amide bonds. The van der Waals surface area contributed by atoms with E-state index in [0.717, 1.165) is 16.2 Å². The molecule has 134 valence electrons. The second kappa shape index (κ2) is 6.74. The Bertz CT molecular complexity index is 695. The molecule has 7 nitrogen and oxygen atoms in total. The van der Waals surface area contributed by atoms with Crippen molar-refractivity contribution < 1.29 is 19.1 Å². The zero-order valence-corrected chi connectivity index (χ0v) is 14.6. The third kappa shape index (κ3) is 3.18. The minimum absolute atomic E-state index is 0.0610. The van der Waals surface area contributed by atoms with Gasteiger partial charge in [0.2, 0.25) is 5.91 Å². The van der Waals surface area contributed by atoms with Crippen LogP contribution in [-0.2, 0) is 16.0 Å². The van der Waals surface area contributed by atoms with Crippen LogP contribution in [-0.4, -0.2) is 60.4 Å². The van der Waals surface area contributed by atoms with Crippen LogP contribution in [0.2, 0.25) is 0 Å². The van der Waals surface area contributed by atoms with Gasteiger partial charge in [-0.05, 0) is 30.9 Å². The van der Waals surface area contributed by atoms with E-state index < -0.39 is 5.54 Å². The summed E-state index contributed by atoms with van der Waals surface area (Å²) < 4.78 is 5.31. The number of carbonyl (C=O) groups excluding carboxylic acids is 3. The normalized spacial score (nSPS) is 19.3. The first-order valence-corrected chi connectivity index (χ1v) is 8.47. The van der Waals surface area contributed by atoms with Gasteiger partial charge in [0, 0.05) is 26.6 Å². The number of urea groups is 1. The summed E-state index contributed by atoms with van der Waals surface area (Å²) in [6, 6.07) is 7.31. The number of piperidine rings is 1. The maximum atomic E-state index is 12.5. The van der Waals surface area contributed by atoms with Gasteiger partial charge >= 0.3 is 6.03 Å². The maximum absolute atomic E-state index is 12.5. The standard InChI is InChI=1S/C18H23N3O4/c1-20-16(23)18(19-17(20)24)9-11-21(12-10-18)15(22)8-7-13-5-3-4-6-14(13)25-2/h3-6H,7-12H2,1-2H3,(H,19,24). The van der Waals surface area contributed by atoms with Gasteiger partial charge in [0.05, 0.1) is 7.11 Å². The zero-order chi connectivity index (χ0) is 18.0. The molecule has 0 aliphatic carbocycles. The van der Waals surface area contributed by atoms with Gasteiger partial charge < -0.3 is 15.0 Å². The third-order valence-electron chi connectivity index (χ3n) is 5.14. The molecule has 2 heterocycles. The van der Waals surface area contributed by atoms with Crippen LogP contribution in [0, 0.1) is 0 Å². The van der Waals surface area contributed by atoms with Crippen molar-refractivity contribution in [1.82, 2.24) is 15.1 Å². The number of likely N-dealkylation sites (tertiary alicyclic amines) is 1. The topological polar surface area (TPSA) is 79.0 Å². The van der Waals surface area contributed by atoms with E-state index in [1.54, 1.807) is 12.0 Å². The largest absolute Gasteiger partial charge is 0.496 e. The van der Waals surface area contributed by atoms with Crippen LogP contribution in [0.4, 0.5) is 4.79 Å². The van der Waals surface area contributed by atoms with Crippen LogP contribution in [0.25, 0.3) is 0 Å². The number of hydrogen-bond donors (Lipinski definition) is 1. The van der Waals surface area contributed by atoms with E-state index in [9.17, 15) is 14.4 Å². The Kier molecular flexibility index (Phi) is 4.65. The molecule has 0 aromatic heterocycles. The lowest BCUT2D eigenvalue weighted by molar-refractivity contribution is -0.138. The Morgan fingerprint density at radius 1 is 1.24 bits per heavy atom. The molecule has 25 heavy (non-hydrogen) atoms. The third-order valence-corrected chi connectivity index (χ3v) is 5.14. The molecule has 0 saturated carbocycles. The molecule has 3 rings (SSSR count). The van der Waals surface area contributed by atoms with E-state index in [1.807, 2.05) is 24.3 Å². The van der Waals surface area contributed by atoms with Crippen molar-refractivity contribution in [2.75, 3.05) is 27.2 Å². The Morgan fingerprint density at radius 3 is 2.52 bits per heavy atom. The van der Waals surface area contributed by atoms with Crippen LogP contribution in [0.5, 0.6) is 5.75 Å². The summed E-state index contributed by atoms with van der Waals surface area (Å²) >= 11 is 0. The Morgan fingerprint density at radius 2 is 1.92 bits per heavy atom. The molecule has 0 atom stereocenters. The summed E-state index contributed by atoms with van der Waals surface area (Å²) in [6.45, 7) is 0.954. The predicted molar refractivity (Wildman–Crippen MR) is 91.2 cm³/mol. The van der Waals surface area contributed by atoms with Gasteiger partial charge in [-0.1, -0.05) is 18.2 Å². The van der Waals surface area contributed by atoms with Gasteiger partial charge in [-0.2, -0.15) is 0 Å². The quantitative estimate of drug-likeness (QED) is 0.831. The SMILES string of the molecule is COc1ccccc1CCC(=O)N1CCC2(CC1)NC(=O)N(C)C2=O. The lowest BCUT2D eigenvalue weighted by Gasteiger charge is -2.37. The van der Waals surface area contributed by atoms with Crippen molar-refractivity contribution in [1.29, 1.82) is 0 Å². The second-order valence-electron chi connectivity index (χ2n) is 6.57. The molecule has 2 saturated heterocycles. The number of aryl methyl sites for hydroxylation is 1. The summed E-state index contributed by atoms with van der Waals surface area (Å²) in [6.07, 6.45) is 1.93. The molecule has 2 aliphatic rings. The fourth-order valence-corrected chi connectivity index (χ4v) is 3.54. The highest BCUT2D eigenvalue weighted by molar-refractivity contribution is 6.06. The minimum Gasteiger partial charge on any atom is -0.496 e. The van der Waals surface area contributed by atoms with Gasteiger partial charge in [-0.3, -0.25) is 14.5 Å². The monoisotopic (exact) mass is 345 g/mol. The van der Waals surface area contributed by atoms with Gasteiger partial charge in [0.25, 0.3) is 5.91 Å². The molecular weight excluding hydrogens is 322 g/mol. The van der Waals surface area contributed by atoms with Crippen molar-refractivity contribution in [2.45, 2.75) is 31.2 Å². The number of ether oxygens (including phenoxy) is 1. The van der Waals surface area contributed by atoms with E-state index in [1.165, 1.54) is 7.05 Å².